The molecule has 106 valence electrons. The fraction of sp³-hybridized carbons (Fsp3) is 0.846. The van der Waals surface area contributed by atoms with Crippen LogP contribution in [0.25, 0.3) is 0 Å². The predicted molar refractivity (Wildman–Crippen MR) is 69.3 cm³/mol. The summed E-state index contributed by atoms with van der Waals surface area (Å²) in [6.07, 6.45) is 8.15. The molecule has 3 N–H and O–H groups in total. The van der Waals surface area contributed by atoms with Crippen LogP contribution in [-0.4, -0.2) is 34.7 Å². The number of nitrogens with one attached hydrogen (secondary N) is 1. The van der Waals surface area contributed by atoms with Gasteiger partial charge in [-0.15, -0.1) is 0 Å². The molecule has 1 atom stereocenters. The average molecular weight is 259 g/mol. The van der Waals surface area contributed by atoms with Crippen molar-refractivity contribution in [1.82, 2.24) is 5.32 Å². The molecule has 0 saturated heterocycles. The molecule has 0 aromatic rings. The molecule has 5 nitrogen and oxygen atoms in total. The smallest absolute Gasteiger partial charge is 0.328 e. The van der Waals surface area contributed by atoms with Crippen LogP contribution in [0.2, 0.25) is 0 Å². The number of amides is 1. The highest BCUT2D eigenvalue weighted by Gasteiger charge is 2.17. The van der Waals surface area contributed by atoms with E-state index in [0.717, 1.165) is 19.3 Å². The zero-order valence-electron chi connectivity index (χ0n) is 11.2. The second-order valence-electron chi connectivity index (χ2n) is 4.51. The molecule has 0 aliphatic carbocycles. The first-order valence-electron chi connectivity index (χ1n) is 6.74. The number of aliphatic hydroxyl groups excluding tert-OH is 1. The summed E-state index contributed by atoms with van der Waals surface area (Å²) in [4.78, 5) is 21.9. The zero-order chi connectivity index (χ0) is 13.8. The number of aliphatic hydroxyl groups is 1. The number of rotatable bonds is 11. The molecule has 0 radical (unpaired) electrons. The van der Waals surface area contributed by atoms with E-state index in [1.807, 2.05) is 0 Å². The van der Waals surface area contributed by atoms with Gasteiger partial charge < -0.3 is 15.5 Å². The third-order valence-corrected chi connectivity index (χ3v) is 2.82. The second kappa shape index (κ2) is 11.0. The highest BCUT2D eigenvalue weighted by molar-refractivity contribution is 5.83. The van der Waals surface area contributed by atoms with Gasteiger partial charge >= 0.3 is 5.97 Å². The quantitative estimate of drug-likeness (QED) is 0.493. The fourth-order valence-corrected chi connectivity index (χ4v) is 1.69. The van der Waals surface area contributed by atoms with E-state index in [1.54, 1.807) is 0 Å². The SMILES string of the molecule is CCCCCCCCCC(=O)NC(CO)C(=O)O. The van der Waals surface area contributed by atoms with Gasteiger partial charge in [0.1, 0.15) is 6.04 Å². The number of hydrogen-bond acceptors (Lipinski definition) is 3. The average Bonchev–Trinajstić information content (AvgIpc) is 2.34. The summed E-state index contributed by atoms with van der Waals surface area (Å²) in [6, 6.07) is -1.18. The Morgan fingerprint density at radius 3 is 2.11 bits per heavy atom. The normalized spacial score (nSPS) is 12.1. The van der Waals surface area contributed by atoms with Gasteiger partial charge in [0, 0.05) is 6.42 Å². The van der Waals surface area contributed by atoms with Crippen LogP contribution in [-0.2, 0) is 9.59 Å². The Morgan fingerprint density at radius 2 is 1.61 bits per heavy atom. The number of aliphatic carboxylic acids is 1. The maximum atomic E-state index is 11.4. The van der Waals surface area contributed by atoms with Crippen molar-refractivity contribution in [3.05, 3.63) is 0 Å². The lowest BCUT2D eigenvalue weighted by Gasteiger charge is -2.11. The highest BCUT2D eigenvalue weighted by atomic mass is 16.4. The molecule has 18 heavy (non-hydrogen) atoms. The molecular formula is C13H25NO4. The van der Waals surface area contributed by atoms with Crippen LogP contribution in [0.3, 0.4) is 0 Å². The summed E-state index contributed by atoms with van der Waals surface area (Å²) in [5.74, 6) is -1.50. The van der Waals surface area contributed by atoms with E-state index in [0.29, 0.717) is 6.42 Å². The molecule has 0 rings (SSSR count). The minimum absolute atomic E-state index is 0.301. The molecule has 0 bridgehead atoms. The van der Waals surface area contributed by atoms with Gasteiger partial charge in [0.05, 0.1) is 6.61 Å². The minimum atomic E-state index is -1.20. The van der Waals surface area contributed by atoms with Crippen LogP contribution in [0, 0.1) is 0 Å². The van der Waals surface area contributed by atoms with Crippen LogP contribution in [0.1, 0.15) is 58.3 Å². The highest BCUT2D eigenvalue weighted by Crippen LogP contribution is 2.08. The first kappa shape index (κ1) is 16.9. The Morgan fingerprint density at radius 1 is 1.06 bits per heavy atom. The van der Waals surface area contributed by atoms with Crippen molar-refractivity contribution in [1.29, 1.82) is 0 Å². The van der Waals surface area contributed by atoms with Gasteiger partial charge in [-0.05, 0) is 6.42 Å². The van der Waals surface area contributed by atoms with E-state index in [1.165, 1.54) is 25.7 Å². The molecule has 0 aliphatic rings. The first-order chi connectivity index (χ1) is 8.61. The molecule has 5 heteroatoms. The van der Waals surface area contributed by atoms with Gasteiger partial charge in [0.25, 0.3) is 0 Å². The number of carboxylic acid groups (broad SMARTS) is 1. The van der Waals surface area contributed by atoms with Gasteiger partial charge in [0.2, 0.25) is 5.91 Å². The maximum absolute atomic E-state index is 11.4. The Hall–Kier alpha value is -1.10. The molecule has 0 fully saturated rings. The predicted octanol–water partition coefficient (Wildman–Crippen LogP) is 1.69. The summed E-state index contributed by atoms with van der Waals surface area (Å²) in [7, 11) is 0. The second-order valence-corrected chi connectivity index (χ2v) is 4.51. The van der Waals surface area contributed by atoms with Crippen LogP contribution >= 0.6 is 0 Å². The lowest BCUT2D eigenvalue weighted by molar-refractivity contribution is -0.142. The van der Waals surface area contributed by atoms with Crippen molar-refractivity contribution in [3.8, 4) is 0 Å². The Labute approximate surface area is 109 Å². The third kappa shape index (κ3) is 8.98. The van der Waals surface area contributed by atoms with Crippen molar-refractivity contribution >= 4 is 11.9 Å². The van der Waals surface area contributed by atoms with Crippen molar-refractivity contribution < 1.29 is 19.8 Å². The lowest BCUT2D eigenvalue weighted by Crippen LogP contribution is -2.43. The summed E-state index contributed by atoms with van der Waals surface area (Å²) in [5, 5.41) is 19.7. The van der Waals surface area contributed by atoms with Gasteiger partial charge in [-0.25, -0.2) is 4.79 Å². The van der Waals surface area contributed by atoms with Crippen molar-refractivity contribution in [3.63, 3.8) is 0 Å². The number of hydrogen-bond donors (Lipinski definition) is 3. The summed E-state index contributed by atoms with van der Waals surface area (Å²) in [6.45, 7) is 1.60. The first-order valence-corrected chi connectivity index (χ1v) is 6.74. The standard InChI is InChI=1S/C13H25NO4/c1-2-3-4-5-6-7-8-9-12(16)14-11(10-15)13(17)18/h11,15H,2-10H2,1H3,(H,14,16)(H,17,18). The number of carbonyl (C=O) groups excluding carboxylic acids is 1. The summed E-state index contributed by atoms with van der Waals surface area (Å²) >= 11 is 0. The van der Waals surface area contributed by atoms with E-state index in [4.69, 9.17) is 10.2 Å². The molecule has 0 aliphatic heterocycles. The van der Waals surface area contributed by atoms with E-state index in [9.17, 15) is 9.59 Å². The van der Waals surface area contributed by atoms with E-state index in [2.05, 4.69) is 12.2 Å². The van der Waals surface area contributed by atoms with Gasteiger partial charge in [-0.2, -0.15) is 0 Å². The van der Waals surface area contributed by atoms with E-state index < -0.39 is 18.6 Å². The maximum Gasteiger partial charge on any atom is 0.328 e. The lowest BCUT2D eigenvalue weighted by atomic mass is 10.1. The van der Waals surface area contributed by atoms with Crippen molar-refractivity contribution in [2.45, 2.75) is 64.3 Å². The van der Waals surface area contributed by atoms with E-state index in [-0.39, 0.29) is 5.91 Å². The number of unbranched alkanes of at least 4 members (excludes halogenated alkanes) is 6. The van der Waals surface area contributed by atoms with Crippen LogP contribution in [0.15, 0.2) is 0 Å². The van der Waals surface area contributed by atoms with Crippen molar-refractivity contribution in [2.24, 2.45) is 0 Å². The number of carbonyl (C=O) groups is 2. The molecule has 1 amide bonds. The minimum Gasteiger partial charge on any atom is -0.480 e. The third-order valence-electron chi connectivity index (χ3n) is 2.82. The number of carboxylic acids is 1. The summed E-state index contributed by atoms with van der Waals surface area (Å²) < 4.78 is 0. The van der Waals surface area contributed by atoms with Crippen LogP contribution < -0.4 is 5.32 Å². The molecule has 0 aromatic heterocycles. The zero-order valence-corrected chi connectivity index (χ0v) is 11.2. The largest absolute Gasteiger partial charge is 0.480 e. The molecule has 0 aromatic carbocycles. The Balaban J connectivity index is 3.50. The van der Waals surface area contributed by atoms with Gasteiger partial charge in [-0.1, -0.05) is 45.4 Å². The molecule has 1 unspecified atom stereocenters. The molecule has 0 saturated carbocycles. The van der Waals surface area contributed by atoms with Crippen molar-refractivity contribution in [2.75, 3.05) is 6.61 Å². The van der Waals surface area contributed by atoms with Gasteiger partial charge in [-0.3, -0.25) is 4.79 Å². The van der Waals surface area contributed by atoms with Crippen LogP contribution in [0.5, 0.6) is 0 Å². The molecule has 0 spiro atoms. The van der Waals surface area contributed by atoms with Crippen LogP contribution in [0.4, 0.5) is 0 Å². The molecular weight excluding hydrogens is 234 g/mol. The fourth-order valence-electron chi connectivity index (χ4n) is 1.69. The molecule has 0 heterocycles. The summed E-state index contributed by atoms with van der Waals surface area (Å²) in [5.41, 5.74) is 0. The topological polar surface area (TPSA) is 86.6 Å². The van der Waals surface area contributed by atoms with E-state index >= 15 is 0 Å². The monoisotopic (exact) mass is 259 g/mol. The Bertz CT molecular complexity index is 243. The van der Waals surface area contributed by atoms with Gasteiger partial charge in [0.15, 0.2) is 0 Å². The Kier molecular flexibility index (Phi) is 10.3.